The third-order valence-corrected chi connectivity index (χ3v) is 9.88. The van der Waals surface area contributed by atoms with Crippen LogP contribution in [0.15, 0.2) is 83.8 Å². The zero-order valence-electron chi connectivity index (χ0n) is 26.4. The summed E-state index contributed by atoms with van der Waals surface area (Å²) in [5.41, 5.74) is 24.7. The molecule has 14 nitrogen and oxygen atoms in total. The number of nitro groups is 1. The second-order valence-corrected chi connectivity index (χ2v) is 13.3. The number of rotatable bonds is 6. The molecular formula is C34H26N10O4S2. The molecule has 0 aliphatic rings. The Morgan fingerprint density at radius 1 is 0.840 bits per heavy atom. The number of hydrogen-bond acceptors (Lipinski definition) is 14. The van der Waals surface area contributed by atoms with Gasteiger partial charge in [-0.3, -0.25) is 14.9 Å². The largest absolute Gasteiger partial charge is 0.423 e. The molecule has 0 saturated carbocycles. The van der Waals surface area contributed by atoms with E-state index in [4.69, 9.17) is 21.6 Å². The highest BCUT2D eigenvalue weighted by Crippen LogP contribution is 2.39. The minimum atomic E-state index is -0.580. The van der Waals surface area contributed by atoms with Gasteiger partial charge in [0.05, 0.1) is 38.5 Å². The second-order valence-electron chi connectivity index (χ2n) is 11.1. The summed E-state index contributed by atoms with van der Waals surface area (Å²) in [6, 6.07) is 20.2. The van der Waals surface area contributed by atoms with Gasteiger partial charge < -0.3 is 26.9 Å². The third-order valence-electron chi connectivity index (χ3n) is 7.72. The monoisotopic (exact) mass is 702 g/mol. The van der Waals surface area contributed by atoms with Gasteiger partial charge in [0.25, 0.3) is 17.6 Å². The van der Waals surface area contributed by atoms with Crippen LogP contribution in [0.3, 0.4) is 0 Å². The van der Waals surface area contributed by atoms with E-state index in [1.807, 2.05) is 56.3 Å². The van der Waals surface area contributed by atoms with Crippen molar-refractivity contribution in [2.24, 2.45) is 5.73 Å². The molecule has 248 valence electrons. The number of benzene rings is 3. The first kappa shape index (κ1) is 32.0. The number of oxazole rings is 1. The molecule has 5 heterocycles. The van der Waals surface area contributed by atoms with Crippen molar-refractivity contribution < 1.29 is 14.1 Å². The topological polar surface area (TPSA) is 228 Å². The number of aryl methyl sites for hydroxylation is 2. The Morgan fingerprint density at radius 2 is 1.50 bits per heavy atom. The van der Waals surface area contributed by atoms with Gasteiger partial charge in [-0.05, 0) is 43.7 Å². The lowest BCUT2D eigenvalue weighted by molar-refractivity contribution is -0.384. The van der Waals surface area contributed by atoms with Gasteiger partial charge in [0.1, 0.15) is 32.7 Å². The van der Waals surface area contributed by atoms with Crippen molar-refractivity contribution >= 4 is 88.9 Å². The highest BCUT2D eigenvalue weighted by molar-refractivity contribution is 7.21. The molecule has 7 N–H and O–H groups in total. The van der Waals surface area contributed by atoms with Crippen molar-refractivity contribution in [3.8, 4) is 22.5 Å². The maximum Gasteiger partial charge on any atom is 0.300 e. The van der Waals surface area contributed by atoms with Crippen LogP contribution in [0.1, 0.15) is 20.1 Å². The number of nitrogens with zero attached hydrogens (tertiary/aromatic N) is 6. The number of nitro benzene ring substituents is 1. The van der Waals surface area contributed by atoms with Crippen molar-refractivity contribution in [1.29, 1.82) is 0 Å². The number of amides is 1. The van der Waals surface area contributed by atoms with E-state index >= 15 is 0 Å². The van der Waals surface area contributed by atoms with E-state index in [1.54, 1.807) is 12.1 Å². The van der Waals surface area contributed by atoms with Crippen LogP contribution < -0.4 is 22.5 Å². The van der Waals surface area contributed by atoms with Crippen LogP contribution in [0, 0.1) is 24.0 Å². The number of aromatic nitrogens is 5. The van der Waals surface area contributed by atoms with Gasteiger partial charge in [0.15, 0.2) is 5.58 Å². The van der Waals surface area contributed by atoms with Crippen molar-refractivity contribution in [2.75, 3.05) is 16.8 Å². The lowest BCUT2D eigenvalue weighted by atomic mass is 10.1. The van der Waals surface area contributed by atoms with Crippen LogP contribution in [0.25, 0.3) is 54.0 Å². The summed E-state index contributed by atoms with van der Waals surface area (Å²) in [6.45, 7) is 3.92. The Hall–Kier alpha value is -6.52. The fourth-order valence-electron chi connectivity index (χ4n) is 5.37. The highest BCUT2D eigenvalue weighted by atomic mass is 32.1. The number of anilines is 4. The molecule has 0 spiro atoms. The quantitative estimate of drug-likeness (QED) is 0.0982. The lowest BCUT2D eigenvalue weighted by Crippen LogP contribution is -2.10. The molecule has 0 radical (unpaired) electrons. The summed E-state index contributed by atoms with van der Waals surface area (Å²) >= 11 is 2.65. The zero-order chi connectivity index (χ0) is 35.1. The molecule has 3 aromatic carbocycles. The molecule has 8 rings (SSSR count). The van der Waals surface area contributed by atoms with Crippen molar-refractivity contribution in [3.05, 3.63) is 105 Å². The minimum absolute atomic E-state index is 0.0276. The Labute approximate surface area is 290 Å². The summed E-state index contributed by atoms with van der Waals surface area (Å²) in [7, 11) is 0. The van der Waals surface area contributed by atoms with E-state index in [0.717, 1.165) is 48.8 Å². The average Bonchev–Trinajstić information content (AvgIpc) is 3.76. The molecule has 16 heteroatoms. The van der Waals surface area contributed by atoms with Crippen LogP contribution in [0.5, 0.6) is 0 Å². The molecule has 0 atom stereocenters. The van der Waals surface area contributed by atoms with E-state index in [2.05, 4.69) is 30.2 Å². The molecule has 0 saturated heterocycles. The van der Waals surface area contributed by atoms with Gasteiger partial charge in [-0.1, -0.05) is 30.3 Å². The first-order valence-electron chi connectivity index (χ1n) is 14.9. The number of thiophene rings is 2. The van der Waals surface area contributed by atoms with E-state index < -0.39 is 10.8 Å². The van der Waals surface area contributed by atoms with Gasteiger partial charge in [0.2, 0.25) is 0 Å². The number of carbonyl (C=O) groups is 1. The van der Waals surface area contributed by atoms with Gasteiger partial charge in [0, 0.05) is 33.8 Å². The molecule has 0 aliphatic carbocycles. The van der Waals surface area contributed by atoms with Crippen molar-refractivity contribution in [2.45, 2.75) is 13.8 Å². The highest BCUT2D eigenvalue weighted by Gasteiger charge is 2.20. The molecule has 0 bridgehead atoms. The number of nitrogens with one attached hydrogen (secondary N) is 1. The van der Waals surface area contributed by atoms with Crippen LogP contribution in [0.4, 0.5) is 28.8 Å². The van der Waals surface area contributed by atoms with E-state index in [1.165, 1.54) is 36.1 Å². The van der Waals surface area contributed by atoms with E-state index in [0.29, 0.717) is 50.1 Å². The normalized spacial score (nSPS) is 11.1. The van der Waals surface area contributed by atoms with Crippen molar-refractivity contribution in [3.63, 3.8) is 0 Å². The summed E-state index contributed by atoms with van der Waals surface area (Å²) < 4.78 is 5.77. The molecule has 0 aliphatic heterocycles. The minimum Gasteiger partial charge on any atom is -0.423 e. The standard InChI is InChI=1S/C21H16N6O2S.C13H10N4O2S/c1-10-5-6-14-13(7-10)27-21(29-14)26-12-4-2-3-11(8-12)17-15-16(22)18(19(23)28)30-20(15)25-9-24-17;1-7-11(14)10-12(15-6-16-13(10)20-7)8-3-2-4-9(5-8)17(18)19/h2-9H,22H2,1H3,(H2,23,28)(H,26,27);2-6H,14H2,1H3. The van der Waals surface area contributed by atoms with Crippen LogP contribution >= 0.6 is 22.7 Å². The summed E-state index contributed by atoms with van der Waals surface area (Å²) in [5.74, 6) is -0.580. The Bertz CT molecular complexity index is 2610. The SMILES string of the molecule is Cc1ccc2oc(Nc3cccc(-c4ncnc5sc(C(N)=O)c(N)c45)c3)nc2c1.Cc1sc2ncnc(-c3cccc([N+](=O)[O-])c3)c2c1N. The van der Waals surface area contributed by atoms with E-state index in [9.17, 15) is 14.9 Å². The number of nitrogen functional groups attached to an aromatic ring is 2. The maximum atomic E-state index is 11.7. The number of fused-ring (bicyclic) bond motifs is 3. The number of hydrogen-bond donors (Lipinski definition) is 4. The first-order valence-corrected chi connectivity index (χ1v) is 16.5. The average molecular weight is 703 g/mol. The molecule has 0 unspecified atom stereocenters. The Balaban J connectivity index is 0.000000170. The van der Waals surface area contributed by atoms with Gasteiger partial charge in [-0.15, -0.1) is 22.7 Å². The van der Waals surface area contributed by atoms with Crippen LogP contribution in [-0.4, -0.2) is 35.8 Å². The van der Waals surface area contributed by atoms with Crippen molar-refractivity contribution in [1.82, 2.24) is 24.9 Å². The smallest absolute Gasteiger partial charge is 0.300 e. The summed E-state index contributed by atoms with van der Waals surface area (Å²) in [6.07, 6.45) is 2.90. The molecule has 50 heavy (non-hydrogen) atoms. The van der Waals surface area contributed by atoms with Gasteiger partial charge >= 0.3 is 0 Å². The molecular weight excluding hydrogens is 677 g/mol. The molecule has 5 aromatic heterocycles. The Morgan fingerprint density at radius 3 is 2.20 bits per heavy atom. The van der Waals surface area contributed by atoms with Gasteiger partial charge in [-0.2, -0.15) is 4.98 Å². The fourth-order valence-corrected chi connectivity index (χ4v) is 7.19. The van der Waals surface area contributed by atoms with Gasteiger partial charge in [-0.25, -0.2) is 19.9 Å². The number of nitrogens with two attached hydrogens (primary N) is 3. The number of non-ortho nitro benzene ring substituents is 1. The fraction of sp³-hybridized carbons (Fsp3) is 0.0588. The van der Waals surface area contributed by atoms with Crippen LogP contribution in [0.2, 0.25) is 0 Å². The summed E-state index contributed by atoms with van der Waals surface area (Å²) in [5, 5.41) is 15.4. The maximum absolute atomic E-state index is 11.7. The predicted molar refractivity (Wildman–Crippen MR) is 196 cm³/mol. The first-order chi connectivity index (χ1) is 24.1. The zero-order valence-corrected chi connectivity index (χ0v) is 28.0. The lowest BCUT2D eigenvalue weighted by Gasteiger charge is -2.07. The van der Waals surface area contributed by atoms with Crippen LogP contribution in [-0.2, 0) is 0 Å². The Kier molecular flexibility index (Phi) is 8.22. The second kappa shape index (κ2) is 12.8. The predicted octanol–water partition coefficient (Wildman–Crippen LogP) is 7.39. The number of primary amides is 1. The van der Waals surface area contributed by atoms with E-state index in [-0.39, 0.29) is 10.6 Å². The third kappa shape index (κ3) is 5.99. The number of carbonyl (C=O) groups excluding carboxylic acids is 1. The molecule has 1 amide bonds. The molecule has 8 aromatic rings. The summed E-state index contributed by atoms with van der Waals surface area (Å²) in [4.78, 5) is 46.3. The molecule has 0 fully saturated rings.